The average Bonchev–Trinajstić information content (AvgIpc) is 2.70. The van der Waals surface area contributed by atoms with Gasteiger partial charge in [0, 0.05) is 17.0 Å². The molecule has 3 atom stereocenters. The molecule has 1 heterocycles. The van der Waals surface area contributed by atoms with Crippen LogP contribution < -0.4 is 4.74 Å². The molecule has 3 aromatic rings. The molecular weight excluding hydrogens is 336 g/mol. The van der Waals surface area contributed by atoms with Crippen LogP contribution in [0.3, 0.4) is 0 Å². The molecule has 0 amide bonds. The maximum atomic E-state index is 13.5. The second-order valence-electron chi connectivity index (χ2n) is 7.29. The summed E-state index contributed by atoms with van der Waals surface area (Å²) < 4.78 is 5.64. The molecule has 27 heavy (non-hydrogen) atoms. The molecule has 2 aliphatic rings. The molecule has 0 aromatic heterocycles. The number of hydrogen-bond donors (Lipinski definition) is 0. The summed E-state index contributed by atoms with van der Waals surface area (Å²) in [7, 11) is 0. The number of fused-ring (bicyclic) bond motifs is 3. The number of Topliss-reactive ketones (excluding diaryl/α,β-unsaturated/α-hetero) is 1. The molecular formula is C24H18O3. The first-order chi connectivity index (χ1) is 13.2. The van der Waals surface area contributed by atoms with Gasteiger partial charge in [-0.05, 0) is 24.0 Å². The van der Waals surface area contributed by atoms with Gasteiger partial charge < -0.3 is 4.74 Å². The summed E-state index contributed by atoms with van der Waals surface area (Å²) in [5.74, 6) is -0.0745. The third-order valence-corrected chi connectivity index (χ3v) is 5.97. The van der Waals surface area contributed by atoms with E-state index in [1.807, 2.05) is 60.7 Å². The van der Waals surface area contributed by atoms with Gasteiger partial charge in [0.05, 0.1) is 0 Å². The zero-order valence-electron chi connectivity index (χ0n) is 14.7. The minimum atomic E-state index is -1.14. The molecule has 1 saturated carbocycles. The summed E-state index contributed by atoms with van der Waals surface area (Å²) in [6, 6.07) is 26.8. The fraction of sp³-hybridized carbons (Fsp3) is 0.167. The SMILES string of the molecule is O=C1Oc2ccccc2[C@@H]2[C@@H](c3ccccc3)C[C@]12C(=O)c1ccccc1. The Morgan fingerprint density at radius 1 is 0.852 bits per heavy atom. The Hall–Kier alpha value is -3.20. The number of hydrogen-bond acceptors (Lipinski definition) is 3. The van der Waals surface area contributed by atoms with E-state index < -0.39 is 11.4 Å². The number of esters is 1. The molecule has 0 radical (unpaired) electrons. The number of carbonyl (C=O) groups excluding carboxylic acids is 2. The average molecular weight is 354 g/mol. The normalized spacial score (nSPS) is 25.6. The molecule has 0 bridgehead atoms. The van der Waals surface area contributed by atoms with Crippen molar-refractivity contribution >= 4 is 11.8 Å². The fourth-order valence-corrected chi connectivity index (χ4v) is 4.67. The summed E-state index contributed by atoms with van der Waals surface area (Å²) in [6.45, 7) is 0. The molecule has 0 N–H and O–H groups in total. The number of carbonyl (C=O) groups is 2. The quantitative estimate of drug-likeness (QED) is 0.295. The molecule has 0 spiro atoms. The van der Waals surface area contributed by atoms with Gasteiger partial charge in [0.25, 0.3) is 0 Å². The molecule has 3 nitrogen and oxygen atoms in total. The van der Waals surface area contributed by atoms with Gasteiger partial charge in [0.2, 0.25) is 0 Å². The van der Waals surface area contributed by atoms with Gasteiger partial charge in [-0.25, -0.2) is 0 Å². The summed E-state index contributed by atoms with van der Waals surface area (Å²) >= 11 is 0. The van der Waals surface area contributed by atoms with Crippen LogP contribution in [-0.4, -0.2) is 11.8 Å². The van der Waals surface area contributed by atoms with Gasteiger partial charge in [0.15, 0.2) is 5.78 Å². The minimum Gasteiger partial charge on any atom is -0.425 e. The lowest BCUT2D eigenvalue weighted by Gasteiger charge is -2.54. The third kappa shape index (κ3) is 2.21. The Kier molecular flexibility index (Phi) is 3.51. The zero-order valence-corrected chi connectivity index (χ0v) is 14.7. The Morgan fingerprint density at radius 2 is 1.48 bits per heavy atom. The topological polar surface area (TPSA) is 43.4 Å². The van der Waals surface area contributed by atoms with E-state index >= 15 is 0 Å². The van der Waals surface area contributed by atoms with Gasteiger partial charge in [-0.2, -0.15) is 0 Å². The molecule has 1 aliphatic heterocycles. The monoisotopic (exact) mass is 354 g/mol. The Balaban J connectivity index is 1.66. The summed E-state index contributed by atoms with van der Waals surface area (Å²) in [5.41, 5.74) is 1.52. The first-order valence-electron chi connectivity index (χ1n) is 9.18. The highest BCUT2D eigenvalue weighted by Gasteiger charge is 2.67. The van der Waals surface area contributed by atoms with Crippen molar-refractivity contribution in [3.63, 3.8) is 0 Å². The van der Waals surface area contributed by atoms with Gasteiger partial charge in [0.1, 0.15) is 11.2 Å². The van der Waals surface area contributed by atoms with Crippen LogP contribution in [0.1, 0.15) is 39.7 Å². The molecule has 1 fully saturated rings. The number of benzene rings is 3. The van der Waals surface area contributed by atoms with Crippen LogP contribution in [0.15, 0.2) is 84.9 Å². The maximum absolute atomic E-state index is 13.5. The van der Waals surface area contributed by atoms with Crippen LogP contribution in [0.2, 0.25) is 0 Å². The van der Waals surface area contributed by atoms with E-state index in [2.05, 4.69) is 12.1 Å². The molecule has 5 rings (SSSR count). The lowest BCUT2D eigenvalue weighted by Crippen LogP contribution is -2.59. The van der Waals surface area contributed by atoms with E-state index in [1.165, 1.54) is 0 Å². The van der Waals surface area contributed by atoms with Crippen molar-refractivity contribution in [2.75, 3.05) is 0 Å². The number of ether oxygens (including phenoxy) is 1. The summed E-state index contributed by atoms with van der Waals surface area (Å²) in [6.07, 6.45) is 0.475. The second kappa shape index (κ2) is 5.92. The van der Waals surface area contributed by atoms with Crippen molar-refractivity contribution in [1.82, 2.24) is 0 Å². The largest absolute Gasteiger partial charge is 0.425 e. The van der Waals surface area contributed by atoms with Crippen LogP contribution in [-0.2, 0) is 4.79 Å². The lowest BCUT2D eigenvalue weighted by atomic mass is 9.47. The first-order valence-corrected chi connectivity index (χ1v) is 9.18. The smallest absolute Gasteiger partial charge is 0.326 e. The van der Waals surface area contributed by atoms with Crippen molar-refractivity contribution in [3.05, 3.63) is 102 Å². The minimum absolute atomic E-state index is 0.118. The van der Waals surface area contributed by atoms with E-state index in [1.54, 1.807) is 12.1 Å². The van der Waals surface area contributed by atoms with Crippen molar-refractivity contribution in [1.29, 1.82) is 0 Å². The summed E-state index contributed by atoms with van der Waals surface area (Å²) in [5, 5.41) is 0. The molecule has 3 aromatic carbocycles. The van der Waals surface area contributed by atoms with Crippen LogP contribution >= 0.6 is 0 Å². The lowest BCUT2D eigenvalue weighted by molar-refractivity contribution is -0.153. The van der Waals surface area contributed by atoms with E-state index in [0.29, 0.717) is 17.7 Å². The van der Waals surface area contributed by atoms with Crippen LogP contribution in [0.5, 0.6) is 5.75 Å². The molecule has 0 saturated heterocycles. The van der Waals surface area contributed by atoms with E-state index in [-0.39, 0.29) is 17.6 Å². The Labute approximate surface area is 157 Å². The molecule has 1 aliphatic carbocycles. The highest BCUT2D eigenvalue weighted by atomic mass is 16.5. The van der Waals surface area contributed by atoms with Gasteiger partial charge >= 0.3 is 5.97 Å². The van der Waals surface area contributed by atoms with Crippen molar-refractivity contribution in [2.45, 2.75) is 18.3 Å². The van der Waals surface area contributed by atoms with Crippen molar-refractivity contribution in [3.8, 4) is 5.75 Å². The predicted molar refractivity (Wildman–Crippen MR) is 102 cm³/mol. The Morgan fingerprint density at radius 3 is 2.22 bits per heavy atom. The number of para-hydroxylation sites is 1. The van der Waals surface area contributed by atoms with Gasteiger partial charge in [-0.3, -0.25) is 9.59 Å². The standard InChI is InChI=1S/C24H18O3/c25-22(17-11-5-2-6-12-17)24-15-19(16-9-3-1-4-10-16)21(24)18-13-7-8-14-20(18)27-23(24)26/h1-14,19,21H,15H2/t19-,21-,24+/m1/s1. The summed E-state index contributed by atoms with van der Waals surface area (Å²) in [4.78, 5) is 26.6. The van der Waals surface area contributed by atoms with E-state index in [4.69, 9.17) is 4.74 Å². The maximum Gasteiger partial charge on any atom is 0.326 e. The van der Waals surface area contributed by atoms with E-state index in [9.17, 15) is 9.59 Å². The van der Waals surface area contributed by atoms with Crippen LogP contribution in [0, 0.1) is 5.41 Å². The zero-order chi connectivity index (χ0) is 18.4. The first kappa shape index (κ1) is 16.0. The van der Waals surface area contributed by atoms with Gasteiger partial charge in [-0.15, -0.1) is 0 Å². The van der Waals surface area contributed by atoms with Crippen molar-refractivity contribution in [2.24, 2.45) is 5.41 Å². The van der Waals surface area contributed by atoms with Crippen LogP contribution in [0.4, 0.5) is 0 Å². The predicted octanol–water partition coefficient (Wildman–Crippen LogP) is 4.75. The molecule has 0 unspecified atom stereocenters. The molecule has 132 valence electrons. The second-order valence-corrected chi connectivity index (χ2v) is 7.29. The molecule has 3 heteroatoms. The Bertz CT molecular complexity index is 1030. The number of rotatable bonds is 3. The number of ketones is 1. The van der Waals surface area contributed by atoms with Gasteiger partial charge in [-0.1, -0.05) is 78.9 Å². The van der Waals surface area contributed by atoms with Crippen LogP contribution in [0.25, 0.3) is 0 Å². The highest BCUT2D eigenvalue weighted by Crippen LogP contribution is 2.66. The third-order valence-electron chi connectivity index (χ3n) is 5.97. The van der Waals surface area contributed by atoms with Crippen molar-refractivity contribution < 1.29 is 14.3 Å². The fourth-order valence-electron chi connectivity index (χ4n) is 4.67. The highest BCUT2D eigenvalue weighted by molar-refractivity contribution is 6.15. The van der Waals surface area contributed by atoms with E-state index in [0.717, 1.165) is 11.1 Å².